The van der Waals surface area contributed by atoms with Crippen molar-refractivity contribution in [2.75, 3.05) is 11.9 Å². The Morgan fingerprint density at radius 3 is 2.65 bits per heavy atom. The maximum atomic E-state index is 14.3. The minimum absolute atomic E-state index is 0.196. The molecule has 1 aromatic carbocycles. The van der Waals surface area contributed by atoms with Crippen LogP contribution >= 0.6 is 28.1 Å². The van der Waals surface area contributed by atoms with Crippen LogP contribution in [0.5, 0.6) is 0 Å². The van der Waals surface area contributed by atoms with E-state index in [9.17, 15) is 4.39 Å². The first-order valence-corrected chi connectivity index (χ1v) is 8.15. The van der Waals surface area contributed by atoms with Gasteiger partial charge in [-0.15, -0.1) is 0 Å². The Morgan fingerprint density at radius 1 is 1.40 bits per heavy atom. The maximum Gasteiger partial charge on any atom is 0.161 e. The second-order valence-corrected chi connectivity index (χ2v) is 7.11. The summed E-state index contributed by atoms with van der Waals surface area (Å²) in [6.07, 6.45) is 6.26. The molecule has 0 unspecified atom stereocenters. The third-order valence-electron chi connectivity index (χ3n) is 4.11. The van der Waals surface area contributed by atoms with Crippen LogP contribution in [0.4, 0.5) is 10.1 Å². The summed E-state index contributed by atoms with van der Waals surface area (Å²) >= 11 is 8.13. The van der Waals surface area contributed by atoms with E-state index in [2.05, 4.69) is 28.2 Å². The minimum atomic E-state index is -0.324. The molecule has 2 nitrogen and oxygen atoms in total. The van der Waals surface area contributed by atoms with Gasteiger partial charge in [0.15, 0.2) is 5.82 Å². The number of hydrogen-bond acceptors (Lipinski definition) is 2. The lowest BCUT2D eigenvalue weighted by Gasteiger charge is -2.34. The Bertz CT molecular complexity index is 513. The van der Waals surface area contributed by atoms with E-state index in [4.69, 9.17) is 18.0 Å². The van der Waals surface area contributed by atoms with Gasteiger partial charge in [-0.2, -0.15) is 0 Å². The van der Waals surface area contributed by atoms with Crippen LogP contribution in [0.2, 0.25) is 0 Å². The third-order valence-corrected chi connectivity index (χ3v) is 5.11. The SMILES string of the molecule is CC1(CNc2ccc(C(N)=S)c(Br)c2F)CCCCC1. The van der Waals surface area contributed by atoms with E-state index in [-0.39, 0.29) is 16.2 Å². The molecule has 110 valence electrons. The molecule has 2 rings (SSSR count). The zero-order valence-electron chi connectivity index (χ0n) is 11.6. The molecule has 0 bridgehead atoms. The second-order valence-electron chi connectivity index (χ2n) is 5.88. The van der Waals surface area contributed by atoms with Crippen molar-refractivity contribution in [1.82, 2.24) is 0 Å². The molecule has 3 N–H and O–H groups in total. The van der Waals surface area contributed by atoms with E-state index < -0.39 is 0 Å². The molecule has 1 saturated carbocycles. The summed E-state index contributed by atoms with van der Waals surface area (Å²) in [7, 11) is 0. The van der Waals surface area contributed by atoms with Crippen LogP contribution in [0, 0.1) is 11.2 Å². The molecule has 1 aliphatic rings. The molecule has 0 saturated heterocycles. The van der Waals surface area contributed by atoms with E-state index in [1.54, 1.807) is 12.1 Å². The Balaban J connectivity index is 2.10. The van der Waals surface area contributed by atoms with E-state index in [1.165, 1.54) is 32.1 Å². The molecule has 0 atom stereocenters. The molecule has 5 heteroatoms. The standard InChI is InChI=1S/C15H20BrFN2S/c1-15(7-3-2-4-8-15)9-19-11-6-5-10(14(18)20)12(16)13(11)17/h5-6,19H,2-4,7-9H2,1H3,(H2,18,20). The molecule has 1 aromatic rings. The van der Waals surface area contributed by atoms with Gasteiger partial charge < -0.3 is 11.1 Å². The summed E-state index contributed by atoms with van der Waals surface area (Å²) in [5.74, 6) is -0.324. The molecule has 0 aromatic heterocycles. The lowest BCUT2D eigenvalue weighted by atomic mass is 9.76. The van der Waals surface area contributed by atoms with Crippen LogP contribution < -0.4 is 11.1 Å². The number of rotatable bonds is 4. The molecule has 0 aliphatic heterocycles. The summed E-state index contributed by atoms with van der Waals surface area (Å²) < 4.78 is 14.6. The van der Waals surface area contributed by atoms with Gasteiger partial charge in [-0.05, 0) is 46.3 Å². The highest BCUT2D eigenvalue weighted by atomic mass is 79.9. The molecule has 0 radical (unpaired) electrons. The minimum Gasteiger partial charge on any atom is -0.389 e. The second kappa shape index (κ2) is 6.39. The van der Waals surface area contributed by atoms with Gasteiger partial charge in [-0.3, -0.25) is 0 Å². The summed E-state index contributed by atoms with van der Waals surface area (Å²) in [6, 6.07) is 3.46. The van der Waals surface area contributed by atoms with Crippen molar-refractivity contribution in [2.45, 2.75) is 39.0 Å². The van der Waals surface area contributed by atoms with Crippen molar-refractivity contribution >= 4 is 38.8 Å². The van der Waals surface area contributed by atoms with E-state index in [1.807, 2.05) is 0 Å². The van der Waals surface area contributed by atoms with Gasteiger partial charge in [0.2, 0.25) is 0 Å². The number of anilines is 1. The average Bonchev–Trinajstić information content (AvgIpc) is 2.41. The van der Waals surface area contributed by atoms with E-state index in [0.717, 1.165) is 6.54 Å². The van der Waals surface area contributed by atoms with E-state index in [0.29, 0.717) is 15.7 Å². The van der Waals surface area contributed by atoms with Crippen molar-refractivity contribution in [3.8, 4) is 0 Å². The molecule has 1 aliphatic carbocycles. The van der Waals surface area contributed by atoms with E-state index >= 15 is 0 Å². The van der Waals surface area contributed by atoms with Crippen molar-refractivity contribution < 1.29 is 4.39 Å². The van der Waals surface area contributed by atoms with Gasteiger partial charge in [0, 0.05) is 12.1 Å². The average molecular weight is 359 g/mol. The Hall–Kier alpha value is -0.680. The van der Waals surface area contributed by atoms with Crippen molar-refractivity contribution in [3.05, 3.63) is 28.0 Å². The van der Waals surface area contributed by atoms with Crippen molar-refractivity contribution in [1.29, 1.82) is 0 Å². The van der Waals surface area contributed by atoms with Gasteiger partial charge >= 0.3 is 0 Å². The first-order valence-electron chi connectivity index (χ1n) is 6.95. The predicted octanol–water partition coefficient (Wildman–Crippen LogP) is 4.60. The fraction of sp³-hybridized carbons (Fsp3) is 0.533. The summed E-state index contributed by atoms with van der Waals surface area (Å²) in [4.78, 5) is 0.196. The smallest absolute Gasteiger partial charge is 0.161 e. The number of nitrogens with one attached hydrogen (secondary N) is 1. The monoisotopic (exact) mass is 358 g/mol. The summed E-state index contributed by atoms with van der Waals surface area (Å²) in [6.45, 7) is 3.07. The number of halogens is 2. The quantitative estimate of drug-likeness (QED) is 0.772. The van der Waals surface area contributed by atoms with Crippen molar-refractivity contribution in [3.63, 3.8) is 0 Å². The molecule has 0 heterocycles. The first kappa shape index (κ1) is 15.7. The lowest BCUT2D eigenvalue weighted by Crippen LogP contribution is -2.29. The molecular weight excluding hydrogens is 339 g/mol. The number of hydrogen-bond donors (Lipinski definition) is 2. The predicted molar refractivity (Wildman–Crippen MR) is 89.7 cm³/mol. The van der Waals surface area contributed by atoms with Crippen LogP contribution in [0.3, 0.4) is 0 Å². The topological polar surface area (TPSA) is 38.0 Å². The molecule has 0 amide bonds. The molecular formula is C15H20BrFN2S. The van der Waals surface area contributed by atoms with Crippen LogP contribution in [0.15, 0.2) is 16.6 Å². The highest BCUT2D eigenvalue weighted by molar-refractivity contribution is 9.10. The molecule has 0 spiro atoms. The highest BCUT2D eigenvalue weighted by Gasteiger charge is 2.27. The maximum absolute atomic E-state index is 14.3. The fourth-order valence-corrected chi connectivity index (χ4v) is 3.63. The Kier molecular flexibility index (Phi) is 5.02. The zero-order chi connectivity index (χ0) is 14.8. The highest BCUT2D eigenvalue weighted by Crippen LogP contribution is 2.36. The number of nitrogens with two attached hydrogens (primary N) is 1. The third kappa shape index (κ3) is 3.50. The Labute approximate surface area is 133 Å². The van der Waals surface area contributed by atoms with Gasteiger partial charge in [0.25, 0.3) is 0 Å². The van der Waals surface area contributed by atoms with Crippen LogP contribution in [0.1, 0.15) is 44.6 Å². The molecule has 20 heavy (non-hydrogen) atoms. The van der Waals surface area contributed by atoms with Gasteiger partial charge in [0.1, 0.15) is 4.99 Å². The van der Waals surface area contributed by atoms with Gasteiger partial charge in [0.05, 0.1) is 10.2 Å². The first-order chi connectivity index (χ1) is 9.43. The fourth-order valence-electron chi connectivity index (χ4n) is 2.77. The Morgan fingerprint density at radius 2 is 2.05 bits per heavy atom. The lowest BCUT2D eigenvalue weighted by molar-refractivity contribution is 0.233. The summed E-state index contributed by atoms with van der Waals surface area (Å²) in [5.41, 5.74) is 6.86. The number of thiocarbonyl (C=S) groups is 1. The molecule has 1 fully saturated rings. The normalized spacial score (nSPS) is 17.8. The van der Waals surface area contributed by atoms with Gasteiger partial charge in [-0.25, -0.2) is 4.39 Å². The summed E-state index contributed by atoms with van der Waals surface area (Å²) in [5, 5.41) is 3.24. The largest absolute Gasteiger partial charge is 0.389 e. The number of benzene rings is 1. The van der Waals surface area contributed by atoms with Crippen LogP contribution in [-0.2, 0) is 0 Å². The van der Waals surface area contributed by atoms with Crippen molar-refractivity contribution in [2.24, 2.45) is 11.1 Å². The van der Waals surface area contributed by atoms with Gasteiger partial charge in [-0.1, -0.05) is 38.4 Å². The zero-order valence-corrected chi connectivity index (χ0v) is 14.0. The van der Waals surface area contributed by atoms with Crippen LogP contribution in [-0.4, -0.2) is 11.5 Å². The van der Waals surface area contributed by atoms with Crippen LogP contribution in [0.25, 0.3) is 0 Å².